The summed E-state index contributed by atoms with van der Waals surface area (Å²) in [6.07, 6.45) is 35.3. The molecule has 0 aromatic heterocycles. The number of hydrogen-bond acceptors (Lipinski definition) is 4. The van der Waals surface area contributed by atoms with Gasteiger partial charge in [-0.2, -0.15) is 0 Å². The first kappa shape index (κ1) is 45.6. The predicted molar refractivity (Wildman–Crippen MR) is 212 cm³/mol. The van der Waals surface area contributed by atoms with Crippen molar-refractivity contribution in [2.24, 2.45) is 0 Å². The first-order chi connectivity index (χ1) is 23.3. The van der Waals surface area contributed by atoms with Crippen LogP contribution in [-0.4, -0.2) is 26.2 Å². The van der Waals surface area contributed by atoms with Gasteiger partial charge in [-0.05, 0) is 158 Å². The molecule has 0 atom stereocenters. The van der Waals surface area contributed by atoms with Crippen LogP contribution >= 0.6 is 0 Å². The van der Waals surface area contributed by atoms with E-state index in [-0.39, 0.29) is 5.57 Å². The van der Waals surface area contributed by atoms with Crippen molar-refractivity contribution in [1.82, 2.24) is 0 Å². The van der Waals surface area contributed by atoms with E-state index in [4.69, 9.17) is 0 Å². The number of allylic oxidation sites excluding steroid dienone is 17. The van der Waals surface area contributed by atoms with E-state index in [1.165, 1.54) is 72.1 Å². The van der Waals surface area contributed by atoms with E-state index in [0.29, 0.717) is 0 Å². The van der Waals surface area contributed by atoms with Gasteiger partial charge in [0.05, 0.1) is 14.2 Å². The molecule has 0 saturated heterocycles. The van der Waals surface area contributed by atoms with Crippen molar-refractivity contribution in [2.45, 2.75) is 152 Å². The number of hydrogen-bond donors (Lipinski definition) is 0. The second-order valence-corrected chi connectivity index (χ2v) is 13.9. The fourth-order valence-corrected chi connectivity index (χ4v) is 5.23. The SMILES string of the molecule is COC(=O)C(=C/C=C(/C)CC/C=C(/C)CC/C=C(/C)CC/C=C(/C)CC/C=C(/C)CC/C=C(\C)CC/C=C(\C)CCC=C(C)C)C(=O)OC. The molecular formula is C45H70O4. The van der Waals surface area contributed by atoms with Crippen molar-refractivity contribution in [3.8, 4) is 0 Å². The summed E-state index contributed by atoms with van der Waals surface area (Å²) in [5.41, 5.74) is 11.2. The summed E-state index contributed by atoms with van der Waals surface area (Å²) in [6, 6.07) is 0. The van der Waals surface area contributed by atoms with Gasteiger partial charge in [-0.1, -0.05) is 93.2 Å². The van der Waals surface area contributed by atoms with Gasteiger partial charge in [0.25, 0.3) is 0 Å². The van der Waals surface area contributed by atoms with Crippen LogP contribution in [0.25, 0.3) is 0 Å². The lowest BCUT2D eigenvalue weighted by molar-refractivity contribution is -0.144. The van der Waals surface area contributed by atoms with Crippen molar-refractivity contribution in [2.75, 3.05) is 14.2 Å². The van der Waals surface area contributed by atoms with Crippen LogP contribution in [-0.2, 0) is 19.1 Å². The summed E-state index contributed by atoms with van der Waals surface area (Å²) in [5.74, 6) is -1.39. The quantitative estimate of drug-likeness (QED) is 0.0255. The molecule has 0 radical (unpaired) electrons. The maximum absolute atomic E-state index is 11.8. The Bertz CT molecular complexity index is 1260. The largest absolute Gasteiger partial charge is 0.465 e. The molecule has 0 amide bonds. The molecule has 0 rings (SSSR count). The standard InChI is InChI=1S/C45H70O4/c1-35(2)19-12-20-36(3)21-13-22-37(4)23-14-24-38(5)25-15-26-39(6)27-16-28-40(7)29-17-30-41(8)31-18-32-42(9)33-34-43(44(46)48-10)45(47)49-11/h19,21,23,25,27,29,31,33-34H,12-18,20,22,24,26,28,30,32H2,1-11H3/b36-21+,37-23+,38-25-,39-27-,40-29-,41-31-,42-33-. The molecule has 0 heterocycles. The third-order valence-corrected chi connectivity index (χ3v) is 8.63. The van der Waals surface area contributed by atoms with Crippen LogP contribution in [0.15, 0.2) is 105 Å². The molecule has 274 valence electrons. The van der Waals surface area contributed by atoms with Gasteiger partial charge in [0.1, 0.15) is 5.57 Å². The molecule has 0 spiro atoms. The first-order valence-corrected chi connectivity index (χ1v) is 18.4. The third-order valence-electron chi connectivity index (χ3n) is 8.63. The number of carbonyl (C=O) groups excluding carboxylic acids is 2. The highest BCUT2D eigenvalue weighted by molar-refractivity contribution is 6.14. The number of rotatable bonds is 24. The van der Waals surface area contributed by atoms with Crippen LogP contribution in [0.1, 0.15) is 152 Å². The second-order valence-electron chi connectivity index (χ2n) is 13.9. The van der Waals surface area contributed by atoms with Crippen molar-refractivity contribution >= 4 is 11.9 Å². The Hall–Kier alpha value is -3.40. The molecule has 0 aromatic carbocycles. The summed E-state index contributed by atoms with van der Waals surface area (Å²) >= 11 is 0. The van der Waals surface area contributed by atoms with E-state index in [1.807, 2.05) is 6.92 Å². The number of ether oxygens (including phenoxy) is 2. The Labute approximate surface area is 301 Å². The van der Waals surface area contributed by atoms with Gasteiger partial charge < -0.3 is 9.47 Å². The zero-order valence-corrected chi connectivity index (χ0v) is 33.2. The molecule has 0 aliphatic carbocycles. The van der Waals surface area contributed by atoms with Gasteiger partial charge in [-0.15, -0.1) is 0 Å². The molecule has 49 heavy (non-hydrogen) atoms. The number of carbonyl (C=O) groups is 2. The first-order valence-electron chi connectivity index (χ1n) is 18.4. The highest BCUT2D eigenvalue weighted by atomic mass is 16.5. The minimum absolute atomic E-state index is 0.105. The Balaban J connectivity index is 4.40. The molecule has 0 N–H and O–H groups in total. The second kappa shape index (κ2) is 28.4. The normalized spacial score (nSPS) is 13.7. The summed E-state index contributed by atoms with van der Waals surface area (Å²) in [4.78, 5) is 23.6. The maximum Gasteiger partial charge on any atom is 0.345 e. The molecular weight excluding hydrogens is 604 g/mol. The molecule has 0 unspecified atom stereocenters. The van der Waals surface area contributed by atoms with E-state index in [9.17, 15) is 9.59 Å². The molecule has 0 aliphatic heterocycles. The molecule has 0 aliphatic rings. The lowest BCUT2D eigenvalue weighted by Gasteiger charge is -2.04. The smallest absolute Gasteiger partial charge is 0.345 e. The van der Waals surface area contributed by atoms with Crippen molar-refractivity contribution < 1.29 is 19.1 Å². The van der Waals surface area contributed by atoms with Crippen molar-refractivity contribution in [3.63, 3.8) is 0 Å². The van der Waals surface area contributed by atoms with Crippen LogP contribution in [0.5, 0.6) is 0 Å². The zero-order chi connectivity index (χ0) is 37.0. The summed E-state index contributed by atoms with van der Waals surface area (Å²) < 4.78 is 9.33. The van der Waals surface area contributed by atoms with E-state index < -0.39 is 11.9 Å². The molecule has 0 fully saturated rings. The summed E-state index contributed by atoms with van der Waals surface area (Å²) in [7, 11) is 2.49. The highest BCUT2D eigenvalue weighted by Crippen LogP contribution is 2.17. The Morgan fingerprint density at radius 2 is 0.612 bits per heavy atom. The predicted octanol–water partition coefficient (Wildman–Crippen LogP) is 13.3. The van der Waals surface area contributed by atoms with Crippen LogP contribution in [0.4, 0.5) is 0 Å². The lowest BCUT2D eigenvalue weighted by Crippen LogP contribution is -2.15. The minimum Gasteiger partial charge on any atom is -0.465 e. The summed E-state index contributed by atoms with van der Waals surface area (Å²) in [5, 5.41) is 0. The Kier molecular flexibility index (Phi) is 26.5. The third kappa shape index (κ3) is 26.2. The van der Waals surface area contributed by atoms with E-state index in [2.05, 4.69) is 107 Å². The average molecular weight is 675 g/mol. The van der Waals surface area contributed by atoms with Gasteiger partial charge in [0.2, 0.25) is 0 Å². The summed E-state index contributed by atoms with van der Waals surface area (Å²) in [6.45, 7) is 19.8. The monoisotopic (exact) mass is 675 g/mol. The average Bonchev–Trinajstić information content (AvgIpc) is 3.04. The molecule has 4 nitrogen and oxygen atoms in total. The molecule has 0 aromatic rings. The van der Waals surface area contributed by atoms with E-state index >= 15 is 0 Å². The highest BCUT2D eigenvalue weighted by Gasteiger charge is 2.18. The topological polar surface area (TPSA) is 52.6 Å². The fourth-order valence-electron chi connectivity index (χ4n) is 5.23. The molecule has 0 saturated carbocycles. The van der Waals surface area contributed by atoms with Gasteiger partial charge >= 0.3 is 11.9 Å². The van der Waals surface area contributed by atoms with Gasteiger partial charge in [-0.3, -0.25) is 0 Å². The van der Waals surface area contributed by atoms with Gasteiger partial charge in [0, 0.05) is 0 Å². The van der Waals surface area contributed by atoms with Crippen LogP contribution in [0.3, 0.4) is 0 Å². The Morgan fingerprint density at radius 1 is 0.367 bits per heavy atom. The van der Waals surface area contributed by atoms with Crippen LogP contribution < -0.4 is 0 Å². The van der Waals surface area contributed by atoms with Crippen LogP contribution in [0, 0.1) is 0 Å². The fraction of sp³-hybridized carbons (Fsp3) is 0.556. The van der Waals surface area contributed by atoms with Crippen LogP contribution in [0.2, 0.25) is 0 Å². The lowest BCUT2D eigenvalue weighted by atomic mass is 10.0. The maximum atomic E-state index is 11.8. The van der Waals surface area contributed by atoms with E-state index in [0.717, 1.165) is 82.6 Å². The minimum atomic E-state index is -0.694. The zero-order valence-electron chi connectivity index (χ0n) is 33.2. The molecule has 4 heteroatoms. The van der Waals surface area contributed by atoms with Crippen molar-refractivity contribution in [3.05, 3.63) is 105 Å². The van der Waals surface area contributed by atoms with Crippen molar-refractivity contribution in [1.29, 1.82) is 0 Å². The number of methoxy groups -OCH3 is 2. The Morgan fingerprint density at radius 3 is 0.857 bits per heavy atom. The van der Waals surface area contributed by atoms with Gasteiger partial charge in [0.15, 0.2) is 0 Å². The van der Waals surface area contributed by atoms with E-state index in [1.54, 1.807) is 6.08 Å². The van der Waals surface area contributed by atoms with Gasteiger partial charge in [-0.25, -0.2) is 9.59 Å². The molecule has 0 bridgehead atoms. The number of esters is 2.